The fourth-order valence-corrected chi connectivity index (χ4v) is 2.76. The molecule has 0 saturated heterocycles. The van der Waals surface area contributed by atoms with Crippen LogP contribution in [0.4, 0.5) is 15.8 Å². The van der Waals surface area contributed by atoms with Crippen LogP contribution in [0.15, 0.2) is 71.3 Å². The Bertz CT molecular complexity index is 1070. The van der Waals surface area contributed by atoms with Crippen molar-refractivity contribution in [3.63, 3.8) is 0 Å². The Kier molecular flexibility index (Phi) is 7.58. The van der Waals surface area contributed by atoms with E-state index in [9.17, 15) is 18.8 Å². The predicted molar refractivity (Wildman–Crippen MR) is 115 cm³/mol. The molecule has 0 fully saturated rings. The fraction of sp³-hybridized carbons (Fsp3) is 0.174. The molecule has 32 heavy (non-hydrogen) atoms. The van der Waals surface area contributed by atoms with Crippen molar-refractivity contribution < 1.29 is 27.9 Å². The van der Waals surface area contributed by atoms with Crippen LogP contribution >= 0.6 is 0 Å². The van der Waals surface area contributed by atoms with Gasteiger partial charge in [-0.2, -0.15) is 0 Å². The number of esters is 1. The molecule has 0 radical (unpaired) electrons. The first-order chi connectivity index (χ1) is 15.4. The number of likely N-dealkylation sites (N-methyl/N-ethyl adjacent to an activating group) is 1. The van der Waals surface area contributed by atoms with E-state index in [0.717, 1.165) is 4.90 Å². The molecule has 1 heterocycles. The molecule has 0 bridgehead atoms. The molecule has 0 spiro atoms. The number of carbonyl (C=O) groups is 3. The van der Waals surface area contributed by atoms with Crippen molar-refractivity contribution in [2.45, 2.75) is 6.54 Å². The van der Waals surface area contributed by atoms with E-state index < -0.39 is 30.2 Å². The molecule has 9 heteroatoms. The summed E-state index contributed by atoms with van der Waals surface area (Å²) >= 11 is 0. The Morgan fingerprint density at radius 2 is 1.78 bits per heavy atom. The molecule has 0 aliphatic rings. The Balaban J connectivity index is 1.49. The zero-order valence-corrected chi connectivity index (χ0v) is 17.3. The van der Waals surface area contributed by atoms with Gasteiger partial charge in [-0.25, -0.2) is 9.18 Å². The van der Waals surface area contributed by atoms with Gasteiger partial charge in [-0.15, -0.1) is 0 Å². The van der Waals surface area contributed by atoms with E-state index in [4.69, 9.17) is 9.15 Å². The summed E-state index contributed by atoms with van der Waals surface area (Å²) in [7, 11) is 1.42. The molecule has 0 aliphatic heterocycles. The molecular formula is C23H22FN3O5. The number of furan rings is 1. The Hall–Kier alpha value is -4.14. The standard InChI is InChI=1S/C23H22FN3O5/c1-27(14-21(28)26-17-10-8-16(24)9-11-17)22(29)15-32-23(30)19-6-2-3-7-20(19)25-13-18-5-4-12-31-18/h2-12,25H,13-15H2,1H3,(H,26,28). The van der Waals surface area contributed by atoms with Crippen molar-refractivity contribution in [3.8, 4) is 0 Å². The summed E-state index contributed by atoms with van der Waals surface area (Å²) in [6.45, 7) is -0.400. The van der Waals surface area contributed by atoms with Crippen LogP contribution in [0.5, 0.6) is 0 Å². The van der Waals surface area contributed by atoms with Gasteiger partial charge >= 0.3 is 5.97 Å². The van der Waals surface area contributed by atoms with Gasteiger partial charge < -0.3 is 24.7 Å². The quantitative estimate of drug-likeness (QED) is 0.496. The fourth-order valence-electron chi connectivity index (χ4n) is 2.76. The van der Waals surface area contributed by atoms with Gasteiger partial charge in [-0.3, -0.25) is 9.59 Å². The lowest BCUT2D eigenvalue weighted by molar-refractivity contribution is -0.136. The summed E-state index contributed by atoms with van der Waals surface area (Å²) in [5.41, 5.74) is 1.21. The van der Waals surface area contributed by atoms with E-state index in [1.165, 1.54) is 31.3 Å². The first kappa shape index (κ1) is 22.5. The second kappa shape index (κ2) is 10.8. The van der Waals surface area contributed by atoms with Crippen LogP contribution in [-0.4, -0.2) is 42.9 Å². The molecule has 0 atom stereocenters. The highest BCUT2D eigenvalue weighted by atomic mass is 19.1. The first-order valence-electron chi connectivity index (χ1n) is 9.74. The lowest BCUT2D eigenvalue weighted by atomic mass is 10.2. The van der Waals surface area contributed by atoms with Crippen molar-refractivity contribution in [1.29, 1.82) is 0 Å². The van der Waals surface area contributed by atoms with Gasteiger partial charge in [0.1, 0.15) is 11.6 Å². The smallest absolute Gasteiger partial charge is 0.340 e. The molecule has 2 aromatic carbocycles. The Morgan fingerprint density at radius 3 is 2.50 bits per heavy atom. The van der Waals surface area contributed by atoms with Gasteiger partial charge in [0.05, 0.1) is 24.9 Å². The van der Waals surface area contributed by atoms with Crippen molar-refractivity contribution in [3.05, 3.63) is 84.1 Å². The Labute approximate surface area is 184 Å². The number of nitrogens with zero attached hydrogens (tertiary/aromatic N) is 1. The van der Waals surface area contributed by atoms with Crippen LogP contribution in [0.25, 0.3) is 0 Å². The average Bonchev–Trinajstić information content (AvgIpc) is 3.31. The summed E-state index contributed by atoms with van der Waals surface area (Å²) in [5, 5.41) is 5.65. The monoisotopic (exact) mass is 439 g/mol. The van der Waals surface area contributed by atoms with Gasteiger partial charge in [0, 0.05) is 18.4 Å². The molecule has 0 unspecified atom stereocenters. The topological polar surface area (TPSA) is 101 Å². The molecule has 1 aromatic heterocycles. The third kappa shape index (κ3) is 6.43. The second-order valence-corrected chi connectivity index (χ2v) is 6.86. The van der Waals surface area contributed by atoms with E-state index in [0.29, 0.717) is 23.7 Å². The van der Waals surface area contributed by atoms with Crippen molar-refractivity contribution >= 4 is 29.2 Å². The maximum Gasteiger partial charge on any atom is 0.340 e. The highest BCUT2D eigenvalue weighted by molar-refractivity contribution is 5.97. The number of carbonyl (C=O) groups excluding carboxylic acids is 3. The number of rotatable bonds is 9. The number of amides is 2. The molecule has 3 aromatic rings. The van der Waals surface area contributed by atoms with E-state index >= 15 is 0 Å². The van der Waals surface area contributed by atoms with Crippen LogP contribution in [-0.2, 0) is 20.9 Å². The molecule has 0 saturated carbocycles. The van der Waals surface area contributed by atoms with E-state index in [2.05, 4.69) is 10.6 Å². The highest BCUT2D eigenvalue weighted by Gasteiger charge is 2.18. The molecule has 2 N–H and O–H groups in total. The maximum atomic E-state index is 12.9. The van der Waals surface area contributed by atoms with E-state index in [1.54, 1.807) is 42.7 Å². The minimum absolute atomic E-state index is 0.255. The SMILES string of the molecule is CN(CC(=O)Nc1ccc(F)cc1)C(=O)COC(=O)c1ccccc1NCc1ccco1. The van der Waals surface area contributed by atoms with Crippen LogP contribution in [0.1, 0.15) is 16.1 Å². The van der Waals surface area contributed by atoms with Crippen molar-refractivity contribution in [1.82, 2.24) is 4.90 Å². The second-order valence-electron chi connectivity index (χ2n) is 6.86. The maximum absolute atomic E-state index is 12.9. The van der Waals surface area contributed by atoms with Crippen LogP contribution < -0.4 is 10.6 Å². The number of ether oxygens (including phenoxy) is 1. The molecule has 2 amide bonds. The lowest BCUT2D eigenvalue weighted by Crippen LogP contribution is -2.37. The zero-order chi connectivity index (χ0) is 22.9. The number of anilines is 2. The van der Waals surface area contributed by atoms with Crippen molar-refractivity contribution in [2.24, 2.45) is 0 Å². The number of hydrogen-bond acceptors (Lipinski definition) is 6. The molecule has 8 nitrogen and oxygen atoms in total. The van der Waals surface area contributed by atoms with Crippen molar-refractivity contribution in [2.75, 3.05) is 30.8 Å². The minimum atomic E-state index is -0.676. The van der Waals surface area contributed by atoms with Gasteiger partial charge in [0.15, 0.2) is 6.61 Å². The predicted octanol–water partition coefficient (Wildman–Crippen LogP) is 3.28. The molecule has 0 aliphatic carbocycles. The third-order valence-corrected chi connectivity index (χ3v) is 4.44. The molecular weight excluding hydrogens is 417 g/mol. The number of hydrogen-bond donors (Lipinski definition) is 2. The van der Waals surface area contributed by atoms with E-state index in [1.807, 2.05) is 0 Å². The largest absolute Gasteiger partial charge is 0.467 e. The van der Waals surface area contributed by atoms with Gasteiger partial charge in [0.25, 0.3) is 5.91 Å². The summed E-state index contributed by atoms with van der Waals surface area (Å²) in [6.07, 6.45) is 1.55. The van der Waals surface area contributed by atoms with Crippen LogP contribution in [0.2, 0.25) is 0 Å². The van der Waals surface area contributed by atoms with Crippen LogP contribution in [0, 0.1) is 5.82 Å². The average molecular weight is 439 g/mol. The Morgan fingerprint density at radius 1 is 1.03 bits per heavy atom. The van der Waals surface area contributed by atoms with Crippen LogP contribution in [0.3, 0.4) is 0 Å². The first-order valence-corrected chi connectivity index (χ1v) is 9.74. The van der Waals surface area contributed by atoms with Gasteiger partial charge in [0.2, 0.25) is 5.91 Å². The summed E-state index contributed by atoms with van der Waals surface area (Å²) in [5.74, 6) is -1.41. The normalized spacial score (nSPS) is 10.3. The lowest BCUT2D eigenvalue weighted by Gasteiger charge is -2.17. The number of halogens is 1. The number of para-hydroxylation sites is 1. The summed E-state index contributed by atoms with van der Waals surface area (Å²) in [6, 6.07) is 15.6. The van der Waals surface area contributed by atoms with E-state index in [-0.39, 0.29) is 12.1 Å². The minimum Gasteiger partial charge on any atom is -0.467 e. The molecule has 3 rings (SSSR count). The highest BCUT2D eigenvalue weighted by Crippen LogP contribution is 2.17. The summed E-state index contributed by atoms with van der Waals surface area (Å²) in [4.78, 5) is 37.9. The molecule has 166 valence electrons. The zero-order valence-electron chi connectivity index (χ0n) is 17.3. The number of benzene rings is 2. The van der Waals surface area contributed by atoms with Gasteiger partial charge in [-0.05, 0) is 48.5 Å². The summed E-state index contributed by atoms with van der Waals surface area (Å²) < 4.78 is 23.3. The number of nitrogens with one attached hydrogen (secondary N) is 2. The third-order valence-electron chi connectivity index (χ3n) is 4.44. The van der Waals surface area contributed by atoms with Gasteiger partial charge in [-0.1, -0.05) is 12.1 Å².